The summed E-state index contributed by atoms with van der Waals surface area (Å²) in [7, 11) is 0. The fourth-order valence-corrected chi connectivity index (χ4v) is 18.7. The Kier molecular flexibility index (Phi) is 44.8. The monoisotopic (exact) mass is 2210 g/mol. The molecule has 0 fully saturated rings. The van der Waals surface area contributed by atoms with Gasteiger partial charge in [-0.3, -0.25) is 29.0 Å². The molecule has 0 radical (unpaired) electrons. The van der Waals surface area contributed by atoms with Gasteiger partial charge < -0.3 is 105 Å². The van der Waals surface area contributed by atoms with E-state index in [1.54, 1.807) is 24.3 Å². The summed E-state index contributed by atoms with van der Waals surface area (Å²) in [6.45, 7) is -0.801. The molecule has 2 unspecified atom stereocenters. The van der Waals surface area contributed by atoms with Crippen molar-refractivity contribution in [2.45, 2.75) is 131 Å². The van der Waals surface area contributed by atoms with Gasteiger partial charge in [0.1, 0.15) is 30.2 Å². The Morgan fingerprint density at radius 2 is 0.565 bits per heavy atom. The number of carboxylic acids is 5. The number of rotatable bonds is 32. The van der Waals surface area contributed by atoms with Gasteiger partial charge in [-0.25, -0.2) is 47.9 Å². The summed E-state index contributed by atoms with van der Waals surface area (Å²) in [4.78, 5) is 184. The summed E-state index contributed by atoms with van der Waals surface area (Å²) in [6.07, 6.45) is 12.2. The van der Waals surface area contributed by atoms with Crippen LogP contribution in [0.3, 0.4) is 0 Å². The van der Waals surface area contributed by atoms with Crippen LogP contribution in [0.5, 0.6) is 0 Å². The minimum atomic E-state index is -1.37. The van der Waals surface area contributed by atoms with E-state index in [0.29, 0.717) is 13.0 Å². The first-order valence-electron chi connectivity index (χ1n) is 45.6. The minimum Gasteiger partial charge on any atom is -0.480 e. The first-order valence-corrected chi connectivity index (χ1v) is 49.3. The smallest absolute Gasteiger partial charge is 0.328 e. The quantitative estimate of drug-likeness (QED) is 0.0186. The number of nitrogens with zero attached hydrogens (tertiary/aromatic N) is 1. The highest BCUT2D eigenvalue weighted by atomic mass is 35.5. The van der Waals surface area contributed by atoms with E-state index >= 15 is 0 Å². The Balaban J connectivity index is 0.000000188. The predicted molar refractivity (Wildman–Crippen MR) is 556 cm³/mol. The van der Waals surface area contributed by atoms with Gasteiger partial charge in [0.25, 0.3) is 29.5 Å². The molecular weight excluding hydrogens is 2110 g/mol. The molecule has 0 bridgehead atoms. The standard InChI is InChI=1S/4C21H21Cl2N3O4.C17H16Cl2N4O4/c2*22-14-8-4-9-15(23)18(14)19(27)25-17(20(28)29)11-24-21(30)26-16-10-3-6-12-5-1-2-7-13(12)16;22-15-6-3-7-16(23)18(15)19(27)26-17(20(28)29)11-25-21(30)24-10-13-9-8-12-4-1-2-5-14(12)13;22-15-6-3-7-16(23)18(15)19(27)26-17(20(28)29)11-24-21(30)25-14-9-8-12-4-1-2-5-13(12)10-14;18-11-7-20-8-12(19)14(11)15(24)23-13(16(25)26)9-22-17(27)21-6-10-4-2-1-3-5-10/h2*1-2,4-5,7-9,16-17H,3,6,10-11H2,(H,25,27)(H,28,29)(H2,24,26,30);1-7,13,17H,8-11H2,(H,26,27)(H,28,29)(H2,24,25,30);1-7,14,17H,8-11H2,(H,26,27)(H,28,29)(H2,24,25,30);1-5,7-8,13H,6,9H2,(H,23,24)(H,25,26)(H2,21,22,27)/t16-,17+;16-,17-;13?,17-;14?,17-;13-/m10000/s1. The summed E-state index contributed by atoms with van der Waals surface area (Å²) in [6, 6.07) is 49.6. The van der Waals surface area contributed by atoms with E-state index < -0.39 is 120 Å². The molecule has 774 valence electrons. The van der Waals surface area contributed by atoms with Crippen LogP contribution in [-0.4, -0.2) is 196 Å². The zero-order valence-corrected chi connectivity index (χ0v) is 85.3. The topological polar surface area (TPSA) is 551 Å². The van der Waals surface area contributed by atoms with E-state index in [1.165, 1.54) is 94.3 Å². The first kappa shape index (κ1) is 115. The molecule has 10 aromatic rings. The average molecular weight is 2210 g/mol. The number of fused-ring (bicyclic) bond motifs is 4. The molecule has 1 heterocycles. The lowest BCUT2D eigenvalue weighted by Crippen LogP contribution is -2.52. The molecule has 4 aliphatic rings. The van der Waals surface area contributed by atoms with Crippen LogP contribution in [0.15, 0.2) is 213 Å². The molecule has 46 heteroatoms. The molecule has 36 nitrogen and oxygen atoms in total. The fourth-order valence-electron chi connectivity index (χ4n) is 15.9. The summed E-state index contributed by atoms with van der Waals surface area (Å²) >= 11 is 59.7. The van der Waals surface area contributed by atoms with Gasteiger partial charge in [-0.2, -0.15) is 0 Å². The van der Waals surface area contributed by atoms with Crippen molar-refractivity contribution in [1.29, 1.82) is 0 Å². The normalized spacial score (nSPS) is 15.2. The van der Waals surface area contributed by atoms with Crippen molar-refractivity contribution >= 4 is 206 Å². The number of carboxylic acid groups (broad SMARTS) is 5. The number of carbonyl (C=O) groups is 15. The van der Waals surface area contributed by atoms with Crippen molar-refractivity contribution in [3.8, 4) is 0 Å². The third-order valence-corrected chi connectivity index (χ3v) is 26.4. The second kappa shape index (κ2) is 57.3. The van der Waals surface area contributed by atoms with E-state index in [4.69, 9.17) is 116 Å². The van der Waals surface area contributed by atoms with Crippen LogP contribution >= 0.6 is 116 Å². The molecule has 1 aromatic heterocycles. The third kappa shape index (κ3) is 34.9. The van der Waals surface area contributed by atoms with Gasteiger partial charge in [0.05, 0.1) is 123 Å². The Hall–Kier alpha value is -13.9. The Labute approximate surface area is 892 Å². The molecule has 4 aliphatic carbocycles. The molecule has 9 aromatic carbocycles. The highest BCUT2D eigenvalue weighted by Crippen LogP contribution is 2.36. The number of amides is 15. The van der Waals surface area contributed by atoms with Gasteiger partial charge >= 0.3 is 60.0 Å². The summed E-state index contributed by atoms with van der Waals surface area (Å²) in [5.74, 6) is -10.0. The maximum atomic E-state index is 12.4. The molecular formula is C101H100Cl10N16O20. The van der Waals surface area contributed by atoms with Crippen molar-refractivity contribution in [2.24, 2.45) is 0 Å². The predicted octanol–water partition coefficient (Wildman–Crippen LogP) is 15.4. The van der Waals surface area contributed by atoms with Gasteiger partial charge in [0.15, 0.2) is 0 Å². The lowest BCUT2D eigenvalue weighted by molar-refractivity contribution is -0.140. The maximum absolute atomic E-state index is 12.4. The van der Waals surface area contributed by atoms with Gasteiger partial charge in [-0.15, -0.1) is 0 Å². The van der Waals surface area contributed by atoms with Crippen molar-refractivity contribution in [1.82, 2.24) is 84.7 Å². The lowest BCUT2D eigenvalue weighted by Gasteiger charge is -2.26. The Bertz CT molecular complexity index is 6200. The number of pyridine rings is 1. The van der Waals surface area contributed by atoms with Crippen LogP contribution in [0.1, 0.15) is 158 Å². The summed E-state index contributed by atoms with van der Waals surface area (Å²) < 4.78 is 0. The third-order valence-electron chi connectivity index (χ3n) is 23.3. The van der Waals surface area contributed by atoms with Crippen LogP contribution in [0.4, 0.5) is 24.0 Å². The van der Waals surface area contributed by atoms with Crippen LogP contribution in [0, 0.1) is 0 Å². The zero-order chi connectivity index (χ0) is 107. The minimum absolute atomic E-state index is 0.0160. The second-order valence-electron chi connectivity index (χ2n) is 33.3. The van der Waals surface area contributed by atoms with Crippen molar-refractivity contribution < 1.29 is 97.5 Å². The van der Waals surface area contributed by atoms with Crippen LogP contribution in [0.25, 0.3) is 0 Å². The highest BCUT2D eigenvalue weighted by molar-refractivity contribution is 6.42. The van der Waals surface area contributed by atoms with Gasteiger partial charge in [0.2, 0.25) is 0 Å². The Morgan fingerprint density at radius 3 is 0.918 bits per heavy atom. The van der Waals surface area contributed by atoms with E-state index in [-0.39, 0.29) is 141 Å². The van der Waals surface area contributed by atoms with Crippen molar-refractivity contribution in [3.05, 3.63) is 341 Å². The number of aromatic nitrogens is 1. The van der Waals surface area contributed by atoms with Gasteiger partial charge in [-0.1, -0.05) is 268 Å². The average Bonchev–Trinajstić information content (AvgIpc) is 1.74. The number of halogens is 10. The SMILES string of the molecule is O=C(NCC1CCc2ccccc21)NC[C@H](NC(=O)c1c(Cl)cccc1Cl)C(=O)O.O=C(NC[C@H](NC(=O)c1c(Cl)cccc1Cl)C(=O)O)NC1CCc2ccccc2C1.O=C(NC[C@H](NC(=O)c1c(Cl)cccc1Cl)C(=O)O)N[C@@H]1CCCc2ccccc21.O=C(NC[C@H](NC(=O)c1c(Cl)cccc1Cl)C(=O)O)N[C@H]1CCCc2ccccc21.O=C(NCc1ccccc1)NC[C@H](NC(=O)c1c(Cl)cncc1Cl)C(=O)O. The summed E-state index contributed by atoms with van der Waals surface area (Å²) in [5, 5.41) is 85.7. The van der Waals surface area contributed by atoms with E-state index in [9.17, 15) is 97.5 Å². The largest absolute Gasteiger partial charge is 0.480 e. The number of hydrogen-bond acceptors (Lipinski definition) is 16. The zero-order valence-electron chi connectivity index (χ0n) is 77.7. The van der Waals surface area contributed by atoms with E-state index in [2.05, 4.69) is 103 Å². The number of carbonyl (C=O) groups excluding carboxylic acids is 10. The molecule has 14 rings (SSSR count). The molecule has 147 heavy (non-hydrogen) atoms. The first-order chi connectivity index (χ1) is 70.3. The maximum Gasteiger partial charge on any atom is 0.328 e. The van der Waals surface area contributed by atoms with Crippen LogP contribution < -0.4 is 79.8 Å². The molecule has 0 aliphatic heterocycles. The molecule has 0 spiro atoms. The lowest BCUT2D eigenvalue weighted by atomic mass is 9.88. The number of nitrogens with one attached hydrogen (secondary N) is 15. The number of hydrogen-bond donors (Lipinski definition) is 20. The highest BCUT2D eigenvalue weighted by Gasteiger charge is 2.34. The Morgan fingerprint density at radius 1 is 0.279 bits per heavy atom. The number of benzene rings is 9. The number of aliphatic carboxylic acids is 5. The fraction of sp³-hybridized carbons (Fsp3) is 0.267. The molecule has 0 saturated heterocycles. The molecule has 9 atom stereocenters. The van der Waals surface area contributed by atoms with E-state index in [0.717, 1.165) is 80.9 Å². The van der Waals surface area contributed by atoms with E-state index in [1.807, 2.05) is 109 Å². The molecule has 20 N–H and O–H groups in total. The number of aryl methyl sites for hydroxylation is 4. The molecule has 0 saturated carbocycles. The van der Waals surface area contributed by atoms with Crippen molar-refractivity contribution in [3.63, 3.8) is 0 Å². The number of urea groups is 5. The van der Waals surface area contributed by atoms with Crippen LogP contribution in [-0.2, 0) is 62.6 Å². The second-order valence-corrected chi connectivity index (χ2v) is 37.4. The van der Waals surface area contributed by atoms with Gasteiger partial charge in [0, 0.05) is 37.4 Å². The summed E-state index contributed by atoms with van der Waals surface area (Å²) in [5.41, 5.74) is 10.2. The molecule has 15 amide bonds. The van der Waals surface area contributed by atoms with Crippen LogP contribution in [0.2, 0.25) is 50.2 Å². The van der Waals surface area contributed by atoms with Crippen molar-refractivity contribution in [2.75, 3.05) is 39.3 Å². The van der Waals surface area contributed by atoms with Gasteiger partial charge in [-0.05, 0) is 169 Å².